The van der Waals surface area contributed by atoms with Gasteiger partial charge in [-0.1, -0.05) is 66.2 Å². The number of H-pyrrole nitrogens is 2. The molecule has 0 atom stereocenters. The highest BCUT2D eigenvalue weighted by Crippen LogP contribution is 2.38. The largest absolute Gasteiger partial charge is 0.324 e. The lowest BCUT2D eigenvalue weighted by atomic mass is 9.87. The molecule has 35 heavy (non-hydrogen) atoms. The SMILES string of the molecule is CCC(=C(c1ccc(C=Cc2noc(=S)[nH]2)cc1)c1ccc2[nH]ncc2c1)c1ccc(F)cc1Cl. The molecule has 5 aromatic rings. The lowest BCUT2D eigenvalue weighted by Crippen LogP contribution is -1.96. The van der Waals surface area contributed by atoms with Crippen LogP contribution in [0.2, 0.25) is 5.02 Å². The lowest BCUT2D eigenvalue weighted by molar-refractivity contribution is 0.403. The van der Waals surface area contributed by atoms with E-state index in [0.717, 1.165) is 44.3 Å². The van der Waals surface area contributed by atoms with Crippen LogP contribution in [0.25, 0.3) is 34.2 Å². The van der Waals surface area contributed by atoms with Crippen LogP contribution in [0.15, 0.2) is 71.4 Å². The zero-order valence-corrected chi connectivity index (χ0v) is 20.3. The Morgan fingerprint density at radius 2 is 1.86 bits per heavy atom. The number of allylic oxidation sites excluding steroid dienone is 1. The number of hydrogen-bond donors (Lipinski definition) is 2. The molecule has 5 nitrogen and oxygen atoms in total. The van der Waals surface area contributed by atoms with Crippen LogP contribution in [0, 0.1) is 10.7 Å². The van der Waals surface area contributed by atoms with Crippen molar-refractivity contribution in [3.8, 4) is 0 Å². The Morgan fingerprint density at radius 3 is 2.57 bits per heavy atom. The molecule has 0 fully saturated rings. The van der Waals surface area contributed by atoms with Crippen molar-refractivity contribution in [3.05, 3.63) is 111 Å². The van der Waals surface area contributed by atoms with E-state index in [-0.39, 0.29) is 10.7 Å². The van der Waals surface area contributed by atoms with Crippen molar-refractivity contribution in [2.75, 3.05) is 0 Å². The van der Waals surface area contributed by atoms with Crippen molar-refractivity contribution < 1.29 is 8.91 Å². The summed E-state index contributed by atoms with van der Waals surface area (Å²) in [5, 5.41) is 12.4. The van der Waals surface area contributed by atoms with E-state index < -0.39 is 0 Å². The molecule has 0 aliphatic carbocycles. The molecule has 0 unspecified atom stereocenters. The van der Waals surface area contributed by atoms with Gasteiger partial charge < -0.3 is 4.52 Å². The minimum absolute atomic E-state index is 0.232. The van der Waals surface area contributed by atoms with Crippen molar-refractivity contribution in [2.45, 2.75) is 13.3 Å². The van der Waals surface area contributed by atoms with Crippen LogP contribution < -0.4 is 0 Å². The monoisotopic (exact) mass is 502 g/mol. The highest BCUT2D eigenvalue weighted by Gasteiger charge is 2.16. The Labute approximate surface area is 211 Å². The summed E-state index contributed by atoms with van der Waals surface area (Å²) < 4.78 is 18.7. The van der Waals surface area contributed by atoms with E-state index in [1.807, 2.05) is 24.3 Å². The number of halogens is 2. The van der Waals surface area contributed by atoms with E-state index in [9.17, 15) is 4.39 Å². The minimum atomic E-state index is -0.362. The van der Waals surface area contributed by atoms with Crippen LogP contribution >= 0.6 is 23.8 Å². The second kappa shape index (κ2) is 9.82. The molecule has 0 saturated heterocycles. The second-order valence-electron chi connectivity index (χ2n) is 7.94. The molecule has 8 heteroatoms. The summed E-state index contributed by atoms with van der Waals surface area (Å²) in [5.74, 6) is 0.187. The Morgan fingerprint density at radius 1 is 1.06 bits per heavy atom. The molecule has 0 amide bonds. The summed E-state index contributed by atoms with van der Waals surface area (Å²) in [4.78, 5) is 3.09. The molecule has 2 N–H and O–H groups in total. The number of hydrogen-bond acceptors (Lipinski definition) is 4. The maximum absolute atomic E-state index is 13.8. The molecular weight excluding hydrogens is 483 g/mol. The average Bonchev–Trinajstić information content (AvgIpc) is 3.50. The highest BCUT2D eigenvalue weighted by molar-refractivity contribution is 7.71. The Bertz CT molecular complexity index is 1630. The maximum Gasteiger partial charge on any atom is 0.295 e. The van der Waals surface area contributed by atoms with E-state index in [0.29, 0.717) is 17.3 Å². The third kappa shape index (κ3) is 4.87. The van der Waals surface area contributed by atoms with E-state index >= 15 is 0 Å². The molecule has 0 radical (unpaired) electrons. The number of nitrogens with zero attached hydrogens (tertiary/aromatic N) is 2. The normalized spacial score (nSPS) is 12.4. The molecule has 2 aromatic heterocycles. The third-order valence-corrected chi connectivity index (χ3v) is 6.22. The van der Waals surface area contributed by atoms with Gasteiger partial charge in [0.05, 0.1) is 16.7 Å². The van der Waals surface area contributed by atoms with Crippen molar-refractivity contribution in [1.29, 1.82) is 0 Å². The molecular formula is C27H20ClFN4OS. The maximum atomic E-state index is 13.8. The van der Waals surface area contributed by atoms with Gasteiger partial charge in [-0.25, -0.2) is 4.39 Å². The number of fused-ring (bicyclic) bond motifs is 1. The van der Waals surface area contributed by atoms with Crippen molar-refractivity contribution in [1.82, 2.24) is 20.3 Å². The topological polar surface area (TPSA) is 70.5 Å². The van der Waals surface area contributed by atoms with E-state index in [2.05, 4.69) is 51.5 Å². The molecule has 0 aliphatic rings. The molecule has 0 aliphatic heterocycles. The number of aromatic amines is 2. The summed E-state index contributed by atoms with van der Waals surface area (Å²) >= 11 is 11.4. The van der Waals surface area contributed by atoms with Crippen molar-refractivity contribution in [3.63, 3.8) is 0 Å². The lowest BCUT2D eigenvalue weighted by Gasteiger charge is -2.18. The summed E-state index contributed by atoms with van der Waals surface area (Å²) in [7, 11) is 0. The smallest absolute Gasteiger partial charge is 0.295 e. The molecule has 3 aromatic carbocycles. The second-order valence-corrected chi connectivity index (χ2v) is 8.72. The summed E-state index contributed by atoms with van der Waals surface area (Å²) in [6.45, 7) is 2.07. The van der Waals surface area contributed by atoms with Gasteiger partial charge in [-0.3, -0.25) is 10.1 Å². The van der Waals surface area contributed by atoms with Crippen molar-refractivity contribution in [2.24, 2.45) is 0 Å². The van der Waals surface area contributed by atoms with Gasteiger partial charge in [0.15, 0.2) is 5.82 Å². The summed E-state index contributed by atoms with van der Waals surface area (Å²) in [6.07, 6.45) is 6.23. The van der Waals surface area contributed by atoms with Crippen LogP contribution in [0.1, 0.15) is 41.4 Å². The number of aromatic nitrogens is 4. The predicted molar refractivity (Wildman–Crippen MR) is 141 cm³/mol. The van der Waals surface area contributed by atoms with Crippen LogP contribution in [0.3, 0.4) is 0 Å². The molecule has 5 rings (SSSR count). The van der Waals surface area contributed by atoms with Gasteiger partial charge in [0.25, 0.3) is 4.84 Å². The van der Waals surface area contributed by atoms with Crippen LogP contribution in [0.5, 0.6) is 0 Å². The standard InChI is InChI=1S/C27H20ClFN4OS/c1-2-21(22-10-9-20(29)14-23(22)28)26(18-8-11-24-19(13-18)15-30-32-24)17-6-3-16(4-7-17)5-12-25-31-27(35)34-33-25/h3-15H,2H2,1H3,(H,30,32)(H,31,33,35). The molecule has 2 heterocycles. The van der Waals surface area contributed by atoms with Crippen LogP contribution in [-0.4, -0.2) is 20.3 Å². The fraction of sp³-hybridized carbons (Fsp3) is 0.0741. The van der Waals surface area contributed by atoms with Gasteiger partial charge in [-0.2, -0.15) is 5.10 Å². The average molecular weight is 503 g/mol. The Kier molecular flexibility index (Phi) is 6.44. The first kappa shape index (κ1) is 23.0. The fourth-order valence-corrected chi connectivity index (χ4v) is 4.52. The van der Waals surface area contributed by atoms with Gasteiger partial charge in [0.1, 0.15) is 5.82 Å². The van der Waals surface area contributed by atoms with Crippen LogP contribution in [0.4, 0.5) is 4.39 Å². The molecule has 0 saturated carbocycles. The molecule has 0 bridgehead atoms. The fourth-order valence-electron chi connectivity index (χ4n) is 4.10. The van der Waals surface area contributed by atoms with Gasteiger partial charge in [0.2, 0.25) is 0 Å². The van der Waals surface area contributed by atoms with Gasteiger partial charge in [-0.15, -0.1) is 0 Å². The van der Waals surface area contributed by atoms with E-state index in [4.69, 9.17) is 28.3 Å². The first-order valence-corrected chi connectivity index (χ1v) is 11.8. The molecule has 0 spiro atoms. The van der Waals surface area contributed by atoms with Crippen LogP contribution in [-0.2, 0) is 0 Å². The summed E-state index contributed by atoms with van der Waals surface area (Å²) in [6, 6.07) is 18.9. The van der Waals surface area contributed by atoms with E-state index in [1.54, 1.807) is 18.3 Å². The number of nitrogens with one attached hydrogen (secondary N) is 2. The first-order chi connectivity index (χ1) is 17.0. The number of benzene rings is 3. The number of rotatable bonds is 6. The first-order valence-electron chi connectivity index (χ1n) is 11.0. The summed E-state index contributed by atoms with van der Waals surface area (Å²) in [5.41, 5.74) is 6.84. The minimum Gasteiger partial charge on any atom is -0.324 e. The quantitative estimate of drug-likeness (QED) is 0.182. The zero-order chi connectivity index (χ0) is 24.4. The zero-order valence-electron chi connectivity index (χ0n) is 18.7. The van der Waals surface area contributed by atoms with Gasteiger partial charge in [-0.05, 0) is 82.4 Å². The Hall–Kier alpha value is -3.81. The highest BCUT2D eigenvalue weighted by atomic mass is 35.5. The van der Waals surface area contributed by atoms with E-state index in [1.165, 1.54) is 12.1 Å². The van der Waals surface area contributed by atoms with Gasteiger partial charge >= 0.3 is 0 Å². The molecule has 174 valence electrons. The van der Waals surface area contributed by atoms with Crippen molar-refractivity contribution >= 4 is 58.0 Å². The predicted octanol–water partition coefficient (Wildman–Crippen LogP) is 7.94. The third-order valence-electron chi connectivity index (χ3n) is 5.73. The van der Waals surface area contributed by atoms with Gasteiger partial charge in [0, 0.05) is 5.39 Å². The Balaban J connectivity index is 1.63.